The van der Waals surface area contributed by atoms with Crippen LogP contribution in [0, 0.1) is 5.92 Å². The highest BCUT2D eigenvalue weighted by atomic mass is 32.2. The van der Waals surface area contributed by atoms with Crippen molar-refractivity contribution in [1.82, 2.24) is 10.2 Å². The van der Waals surface area contributed by atoms with Gasteiger partial charge in [0, 0.05) is 12.3 Å². The first-order chi connectivity index (χ1) is 8.51. The molecule has 1 aliphatic rings. The van der Waals surface area contributed by atoms with Gasteiger partial charge in [-0.25, -0.2) is 9.59 Å². The van der Waals surface area contributed by atoms with Crippen molar-refractivity contribution < 1.29 is 14.7 Å². The molecule has 0 aliphatic carbocycles. The number of urea groups is 1. The molecule has 0 radical (unpaired) electrons. The molecule has 0 aromatic rings. The van der Waals surface area contributed by atoms with Gasteiger partial charge in [0.05, 0.1) is 5.37 Å². The summed E-state index contributed by atoms with van der Waals surface area (Å²) in [6, 6.07) is -0.948. The number of hydrogen-bond donors (Lipinski definition) is 2. The van der Waals surface area contributed by atoms with Gasteiger partial charge in [0.15, 0.2) is 0 Å². The quantitative estimate of drug-likeness (QED) is 0.804. The number of carbonyl (C=O) groups is 2. The summed E-state index contributed by atoms with van der Waals surface area (Å²) in [5.74, 6) is -0.0328. The number of hydrogen-bond acceptors (Lipinski definition) is 3. The molecule has 3 atom stereocenters. The number of nitrogens with one attached hydrogen (secondary N) is 1. The van der Waals surface area contributed by atoms with Crippen molar-refractivity contribution in [2.24, 2.45) is 5.92 Å². The van der Waals surface area contributed by atoms with Crippen LogP contribution < -0.4 is 5.32 Å². The predicted octanol–water partition coefficient (Wildman–Crippen LogP) is 1.98. The molecule has 18 heavy (non-hydrogen) atoms. The molecular weight excluding hydrogens is 252 g/mol. The molecule has 0 spiro atoms. The number of aliphatic carboxylic acids is 1. The largest absolute Gasteiger partial charge is 0.480 e. The Morgan fingerprint density at radius 2 is 2.17 bits per heavy atom. The lowest BCUT2D eigenvalue weighted by Gasteiger charge is -2.27. The number of rotatable bonds is 5. The summed E-state index contributed by atoms with van der Waals surface area (Å²) in [5.41, 5.74) is 0. The van der Waals surface area contributed by atoms with Crippen LogP contribution in [0.5, 0.6) is 0 Å². The molecular formula is C12H22N2O3S. The summed E-state index contributed by atoms with van der Waals surface area (Å²) >= 11 is 1.54. The summed E-state index contributed by atoms with van der Waals surface area (Å²) < 4.78 is 0. The molecule has 1 heterocycles. The van der Waals surface area contributed by atoms with Gasteiger partial charge >= 0.3 is 12.0 Å². The zero-order valence-electron chi connectivity index (χ0n) is 11.2. The van der Waals surface area contributed by atoms with E-state index in [1.54, 1.807) is 0 Å². The normalized spacial score (nSPS) is 24.9. The Morgan fingerprint density at radius 3 is 2.67 bits per heavy atom. The lowest BCUT2D eigenvalue weighted by atomic mass is 10.1. The highest BCUT2D eigenvalue weighted by Crippen LogP contribution is 2.31. The minimum atomic E-state index is -0.919. The zero-order valence-corrected chi connectivity index (χ0v) is 12.0. The van der Waals surface area contributed by atoms with Gasteiger partial charge in [0.25, 0.3) is 0 Å². The van der Waals surface area contributed by atoms with Crippen LogP contribution in [0.4, 0.5) is 4.79 Å². The van der Waals surface area contributed by atoms with Gasteiger partial charge in [-0.05, 0) is 12.3 Å². The fourth-order valence-corrected chi connectivity index (χ4v) is 3.18. The molecule has 0 saturated carbocycles. The molecule has 0 bridgehead atoms. The number of amides is 2. The van der Waals surface area contributed by atoms with Crippen molar-refractivity contribution in [1.29, 1.82) is 0 Å². The van der Waals surface area contributed by atoms with Gasteiger partial charge in [0.1, 0.15) is 6.04 Å². The van der Waals surface area contributed by atoms with E-state index in [0.29, 0.717) is 18.2 Å². The number of thioether (sulfide) groups is 1. The number of nitrogens with zero attached hydrogens (tertiary/aromatic N) is 1. The van der Waals surface area contributed by atoms with Crippen LogP contribution in [-0.4, -0.2) is 45.7 Å². The first-order valence-electron chi connectivity index (χ1n) is 6.41. The first-order valence-corrected chi connectivity index (χ1v) is 7.46. The molecule has 6 heteroatoms. The molecule has 104 valence electrons. The number of carboxylic acids is 1. The number of carbonyl (C=O) groups excluding carboxylic acids is 1. The minimum Gasteiger partial charge on any atom is -0.480 e. The Balaban J connectivity index is 2.63. The van der Waals surface area contributed by atoms with E-state index in [4.69, 9.17) is 5.11 Å². The van der Waals surface area contributed by atoms with E-state index in [1.165, 1.54) is 16.7 Å². The highest BCUT2D eigenvalue weighted by Gasteiger charge is 2.40. The average Bonchev–Trinajstić information content (AvgIpc) is 2.79. The van der Waals surface area contributed by atoms with Gasteiger partial charge in [-0.2, -0.15) is 0 Å². The molecule has 1 fully saturated rings. The lowest BCUT2D eigenvalue weighted by molar-refractivity contribution is -0.141. The predicted molar refractivity (Wildman–Crippen MR) is 72.7 cm³/mol. The fraction of sp³-hybridized carbons (Fsp3) is 0.833. The van der Waals surface area contributed by atoms with Crippen molar-refractivity contribution in [2.45, 2.75) is 45.0 Å². The molecule has 5 nitrogen and oxygen atoms in total. The minimum absolute atomic E-state index is 0.0250. The summed E-state index contributed by atoms with van der Waals surface area (Å²) in [4.78, 5) is 24.7. The molecule has 0 aromatic heterocycles. The van der Waals surface area contributed by atoms with Crippen molar-refractivity contribution in [3.8, 4) is 0 Å². The van der Waals surface area contributed by atoms with E-state index >= 15 is 0 Å². The molecule has 2 amide bonds. The van der Waals surface area contributed by atoms with Crippen LogP contribution in [0.25, 0.3) is 0 Å². The van der Waals surface area contributed by atoms with Crippen LogP contribution in [0.15, 0.2) is 0 Å². The van der Waals surface area contributed by atoms with E-state index in [9.17, 15) is 9.59 Å². The molecule has 1 rings (SSSR count). The van der Waals surface area contributed by atoms with Crippen molar-refractivity contribution in [2.75, 3.05) is 12.3 Å². The van der Waals surface area contributed by atoms with Gasteiger partial charge in [-0.15, -0.1) is 11.8 Å². The van der Waals surface area contributed by atoms with Crippen LogP contribution in [-0.2, 0) is 4.79 Å². The van der Waals surface area contributed by atoms with E-state index in [2.05, 4.69) is 19.2 Å². The molecule has 0 aromatic carbocycles. The second-order valence-corrected chi connectivity index (χ2v) is 5.87. The maximum Gasteiger partial charge on any atom is 0.327 e. The molecule has 3 unspecified atom stereocenters. The maximum absolute atomic E-state index is 12.1. The maximum atomic E-state index is 12.1. The van der Waals surface area contributed by atoms with Crippen LogP contribution in [0.1, 0.15) is 33.6 Å². The lowest BCUT2D eigenvalue weighted by Crippen LogP contribution is -2.50. The fourth-order valence-electron chi connectivity index (χ4n) is 1.84. The smallest absolute Gasteiger partial charge is 0.327 e. The third-order valence-corrected chi connectivity index (χ3v) is 4.71. The number of carboxylic acid groups (broad SMARTS) is 1. The van der Waals surface area contributed by atoms with Crippen molar-refractivity contribution in [3.63, 3.8) is 0 Å². The third-order valence-electron chi connectivity index (χ3n) is 3.26. The molecule has 2 N–H and O–H groups in total. The summed E-state index contributed by atoms with van der Waals surface area (Å²) in [6.07, 6.45) is 1.76. The highest BCUT2D eigenvalue weighted by molar-refractivity contribution is 8.00. The van der Waals surface area contributed by atoms with E-state index in [1.807, 2.05) is 6.92 Å². The Bertz CT molecular complexity index is 312. The Kier molecular flexibility index (Phi) is 5.78. The first kappa shape index (κ1) is 15.1. The second-order valence-electron chi connectivity index (χ2n) is 4.66. The summed E-state index contributed by atoms with van der Waals surface area (Å²) in [5, 5.41) is 11.9. The van der Waals surface area contributed by atoms with Crippen LogP contribution in [0.3, 0.4) is 0 Å². The second kappa shape index (κ2) is 6.87. The van der Waals surface area contributed by atoms with Gasteiger partial charge in [0.2, 0.25) is 0 Å². The average molecular weight is 274 g/mol. The topological polar surface area (TPSA) is 69.6 Å². The summed E-state index contributed by atoms with van der Waals surface area (Å²) in [7, 11) is 0. The SMILES string of the molecule is CCC(C)CNC(=O)N1C(CC)SCC1C(=O)O. The summed E-state index contributed by atoms with van der Waals surface area (Å²) in [6.45, 7) is 6.69. The Hall–Kier alpha value is -0.910. The van der Waals surface area contributed by atoms with Crippen molar-refractivity contribution in [3.05, 3.63) is 0 Å². The van der Waals surface area contributed by atoms with Gasteiger partial charge in [-0.3, -0.25) is 4.90 Å². The van der Waals surface area contributed by atoms with Crippen molar-refractivity contribution >= 4 is 23.8 Å². The zero-order chi connectivity index (χ0) is 13.7. The Labute approximate surface area is 112 Å². The van der Waals surface area contributed by atoms with Crippen LogP contribution in [0.2, 0.25) is 0 Å². The monoisotopic (exact) mass is 274 g/mol. The standard InChI is InChI=1S/C12H22N2O3S/c1-4-8(3)6-13-12(17)14-9(11(15)16)7-18-10(14)5-2/h8-10H,4-7H2,1-3H3,(H,13,17)(H,15,16). The van der Waals surface area contributed by atoms with E-state index in [0.717, 1.165) is 12.8 Å². The van der Waals surface area contributed by atoms with Crippen LogP contribution >= 0.6 is 11.8 Å². The van der Waals surface area contributed by atoms with Gasteiger partial charge < -0.3 is 10.4 Å². The van der Waals surface area contributed by atoms with Gasteiger partial charge in [-0.1, -0.05) is 27.2 Å². The molecule has 1 saturated heterocycles. The third kappa shape index (κ3) is 3.54. The molecule has 1 aliphatic heterocycles. The van der Waals surface area contributed by atoms with E-state index < -0.39 is 12.0 Å². The van der Waals surface area contributed by atoms with E-state index in [-0.39, 0.29) is 11.4 Å². The Morgan fingerprint density at radius 1 is 1.50 bits per heavy atom.